The van der Waals surface area contributed by atoms with Gasteiger partial charge in [0.25, 0.3) is 0 Å². The fraction of sp³-hybridized carbons (Fsp3) is 0.731. The van der Waals surface area contributed by atoms with Crippen LogP contribution in [0.4, 0.5) is 13.2 Å². The minimum atomic E-state index is -5.99. The van der Waals surface area contributed by atoms with E-state index in [1.54, 1.807) is 13.0 Å². The first-order chi connectivity index (χ1) is 16.3. The van der Waals surface area contributed by atoms with Crippen molar-refractivity contribution >= 4 is 15.9 Å². The molecule has 0 aromatic carbocycles. The Kier molecular flexibility index (Phi) is 6.41. The molecule has 10 heteroatoms. The van der Waals surface area contributed by atoms with E-state index in [9.17, 15) is 31.5 Å². The number of hydrogen-bond acceptors (Lipinski definition) is 6. The highest BCUT2D eigenvalue weighted by atomic mass is 32.2. The average molecular weight is 533 g/mol. The third kappa shape index (κ3) is 4.26. The summed E-state index contributed by atoms with van der Waals surface area (Å²) >= 11 is 0. The predicted octanol–water partition coefficient (Wildman–Crippen LogP) is 5.20. The lowest BCUT2D eigenvalue weighted by Gasteiger charge is -2.61. The summed E-state index contributed by atoms with van der Waals surface area (Å²) in [6.45, 7) is 10.9. The summed E-state index contributed by atoms with van der Waals surface area (Å²) in [7, 11) is -5.99. The van der Waals surface area contributed by atoms with Crippen LogP contribution in [0.1, 0.15) is 67.2 Å². The van der Waals surface area contributed by atoms with E-state index in [0.717, 1.165) is 18.4 Å². The van der Waals surface area contributed by atoms with E-state index in [1.165, 1.54) is 13.0 Å². The lowest BCUT2D eigenvalue weighted by Crippen LogP contribution is -2.62. The summed E-state index contributed by atoms with van der Waals surface area (Å²) in [6.07, 6.45) is 6.43. The van der Waals surface area contributed by atoms with Crippen LogP contribution in [-0.2, 0) is 23.8 Å². The molecular formula is C26H35F3O6S. The number of ether oxygens (including phenoxy) is 1. The van der Waals surface area contributed by atoms with Crippen LogP contribution in [0.3, 0.4) is 0 Å². The zero-order valence-corrected chi connectivity index (χ0v) is 22.3. The van der Waals surface area contributed by atoms with E-state index < -0.39 is 50.5 Å². The van der Waals surface area contributed by atoms with Gasteiger partial charge >= 0.3 is 15.6 Å². The van der Waals surface area contributed by atoms with Gasteiger partial charge in [0, 0.05) is 18.3 Å². The van der Waals surface area contributed by atoms with Crippen molar-refractivity contribution < 1.29 is 40.4 Å². The molecule has 7 atom stereocenters. The van der Waals surface area contributed by atoms with Gasteiger partial charge in [-0.1, -0.05) is 38.8 Å². The molecule has 202 valence electrons. The van der Waals surface area contributed by atoms with Crippen molar-refractivity contribution in [3.8, 4) is 0 Å². The molecule has 4 aliphatic rings. The van der Waals surface area contributed by atoms with Crippen LogP contribution >= 0.6 is 0 Å². The molecule has 4 rings (SSSR count). The van der Waals surface area contributed by atoms with E-state index in [1.807, 2.05) is 33.8 Å². The number of carbonyl (C=O) groups excluding carboxylic acids is 1. The maximum Gasteiger partial charge on any atom is 0.534 e. The zero-order valence-electron chi connectivity index (χ0n) is 21.5. The zero-order chi connectivity index (χ0) is 27.1. The summed E-state index contributed by atoms with van der Waals surface area (Å²) in [5, 5.41) is 11.8. The molecule has 0 bridgehead atoms. The number of ketones is 1. The Balaban J connectivity index is 1.85. The molecule has 0 spiro atoms. The fourth-order valence-corrected chi connectivity index (χ4v) is 7.80. The third-order valence-corrected chi connectivity index (χ3v) is 9.98. The summed E-state index contributed by atoms with van der Waals surface area (Å²) < 4.78 is 75.0. The number of carbonyl (C=O) groups is 1. The molecule has 1 fully saturated rings. The normalized spacial score (nSPS) is 40.9. The van der Waals surface area contributed by atoms with E-state index >= 15 is 0 Å². The van der Waals surface area contributed by atoms with Gasteiger partial charge in [-0.15, -0.1) is 0 Å². The quantitative estimate of drug-likeness (QED) is 0.305. The first-order valence-electron chi connectivity index (χ1n) is 12.3. The molecule has 0 amide bonds. The largest absolute Gasteiger partial charge is 0.534 e. The minimum absolute atomic E-state index is 0.0349. The number of halogens is 3. The molecule has 1 N–H and O–H groups in total. The second-order valence-corrected chi connectivity index (χ2v) is 13.6. The molecule has 1 saturated carbocycles. The molecule has 6 nitrogen and oxygen atoms in total. The van der Waals surface area contributed by atoms with Gasteiger partial charge in [-0.3, -0.25) is 4.79 Å². The van der Waals surface area contributed by atoms with Gasteiger partial charge in [0.1, 0.15) is 11.4 Å². The monoisotopic (exact) mass is 532 g/mol. The van der Waals surface area contributed by atoms with E-state index in [-0.39, 0.29) is 23.0 Å². The molecule has 0 radical (unpaired) electrons. The molecule has 1 heterocycles. The van der Waals surface area contributed by atoms with Crippen LogP contribution in [0.25, 0.3) is 0 Å². The van der Waals surface area contributed by atoms with Crippen molar-refractivity contribution in [1.82, 2.24) is 0 Å². The highest BCUT2D eigenvalue weighted by molar-refractivity contribution is 7.87. The van der Waals surface area contributed by atoms with Crippen molar-refractivity contribution in [2.75, 3.05) is 0 Å². The van der Waals surface area contributed by atoms with Crippen LogP contribution < -0.4 is 0 Å². The van der Waals surface area contributed by atoms with Gasteiger partial charge in [0.2, 0.25) is 0 Å². The second kappa shape index (κ2) is 8.43. The lowest BCUT2D eigenvalue weighted by molar-refractivity contribution is -0.177. The number of aliphatic hydroxyl groups is 1. The van der Waals surface area contributed by atoms with Crippen LogP contribution in [0.5, 0.6) is 0 Å². The Bertz CT molecular complexity index is 1150. The Labute approximate surface area is 210 Å². The van der Waals surface area contributed by atoms with Gasteiger partial charge in [0.15, 0.2) is 5.78 Å². The predicted molar refractivity (Wildman–Crippen MR) is 127 cm³/mol. The number of hydrogen-bond donors (Lipinski definition) is 1. The number of alkyl halides is 3. The molecule has 3 aliphatic carbocycles. The lowest BCUT2D eigenvalue weighted by atomic mass is 9.46. The van der Waals surface area contributed by atoms with Gasteiger partial charge in [-0.05, 0) is 68.1 Å². The molecule has 0 saturated heterocycles. The van der Waals surface area contributed by atoms with Crippen molar-refractivity contribution in [3.63, 3.8) is 0 Å². The first kappa shape index (κ1) is 27.4. The smallest absolute Gasteiger partial charge is 0.382 e. The minimum Gasteiger partial charge on any atom is -0.382 e. The van der Waals surface area contributed by atoms with Crippen LogP contribution in [0.2, 0.25) is 0 Å². The van der Waals surface area contributed by atoms with Crippen molar-refractivity contribution in [3.05, 3.63) is 35.1 Å². The third-order valence-electron chi connectivity index (χ3n) is 9.02. The van der Waals surface area contributed by atoms with Gasteiger partial charge in [-0.2, -0.15) is 21.6 Å². The van der Waals surface area contributed by atoms with Gasteiger partial charge in [0.05, 0.1) is 12.2 Å². The number of allylic oxidation sites excluding steroid dienone is 2. The summed E-state index contributed by atoms with van der Waals surface area (Å²) in [5.74, 6) is -1.92. The van der Waals surface area contributed by atoms with Crippen molar-refractivity contribution in [1.29, 1.82) is 0 Å². The number of rotatable bonds is 3. The summed E-state index contributed by atoms with van der Waals surface area (Å²) in [6, 6.07) is 0. The Morgan fingerprint density at radius 2 is 1.69 bits per heavy atom. The Hall–Kier alpha value is -1.65. The van der Waals surface area contributed by atoms with Gasteiger partial charge < -0.3 is 14.0 Å². The number of fused-ring (bicyclic) bond motifs is 2. The van der Waals surface area contributed by atoms with E-state index in [2.05, 4.69) is 4.18 Å². The van der Waals surface area contributed by atoms with Crippen LogP contribution in [0, 0.1) is 28.6 Å². The maximum atomic E-state index is 13.3. The first-order valence-corrected chi connectivity index (χ1v) is 13.7. The maximum absolute atomic E-state index is 13.3. The van der Waals surface area contributed by atoms with Gasteiger partial charge in [-0.25, -0.2) is 0 Å². The molecule has 0 unspecified atom stereocenters. The van der Waals surface area contributed by atoms with E-state index in [4.69, 9.17) is 4.74 Å². The second-order valence-electron chi connectivity index (χ2n) is 12.0. The summed E-state index contributed by atoms with van der Waals surface area (Å²) in [4.78, 5) is 12.3. The average Bonchev–Trinajstić information content (AvgIpc) is 2.69. The highest BCUT2D eigenvalue weighted by Gasteiger charge is 2.63. The van der Waals surface area contributed by atoms with Crippen molar-refractivity contribution in [2.24, 2.45) is 28.6 Å². The number of Topliss-reactive ketones (excluding diaryl/α,β-unsaturated/α-hetero) is 1. The Morgan fingerprint density at radius 1 is 1.06 bits per heavy atom. The standard InChI is InChI=1S/C26H35F3O6S/c1-14-10-19(34-18-11-15(2)17(30)12-16(14)18)22-24(5)9-7-8-23(3,4)20(24)13-21(25(22,6)31)35-36(32,33)26(27,28)29/h10-11,13,16,18-20,22,31H,7-9,12H2,1-6H3/t16-,18-,19-,20+,22-,24+,25-/m1/s1. The molecular weight excluding hydrogens is 497 g/mol. The van der Waals surface area contributed by atoms with E-state index in [0.29, 0.717) is 18.4 Å². The Morgan fingerprint density at radius 3 is 2.31 bits per heavy atom. The molecule has 0 aromatic heterocycles. The molecule has 0 aromatic rings. The topological polar surface area (TPSA) is 89.9 Å². The van der Waals surface area contributed by atoms with Crippen LogP contribution in [0.15, 0.2) is 35.1 Å². The molecule has 1 aliphatic heterocycles. The molecule has 36 heavy (non-hydrogen) atoms. The highest BCUT2D eigenvalue weighted by Crippen LogP contribution is 2.63. The summed E-state index contributed by atoms with van der Waals surface area (Å²) in [5.41, 5.74) is -7.24. The SMILES string of the molecule is CC1=C[C@H]2O[C@@H]([C@@H]3[C@@]4(C)CCCC(C)(C)[C@@H]4C=C(OS(=O)(=O)C(F)(F)F)[C@@]3(C)O)C=C(C)[C@H]2CC1=O. The van der Waals surface area contributed by atoms with Crippen LogP contribution in [-0.4, -0.2) is 42.6 Å². The fourth-order valence-electron chi connectivity index (χ4n) is 7.25. The van der Waals surface area contributed by atoms with Crippen molar-refractivity contribution in [2.45, 2.75) is 90.5 Å².